The van der Waals surface area contributed by atoms with E-state index in [0.717, 1.165) is 44.7 Å². The van der Waals surface area contributed by atoms with Gasteiger partial charge in [0.2, 0.25) is 6.41 Å². The molecule has 0 aliphatic carbocycles. The molecule has 4 nitrogen and oxygen atoms in total. The number of pyridine rings is 1. The second kappa shape index (κ2) is 6.25. The van der Waals surface area contributed by atoms with Gasteiger partial charge in [0.15, 0.2) is 0 Å². The third-order valence-electron chi connectivity index (χ3n) is 4.52. The van der Waals surface area contributed by atoms with Crippen molar-refractivity contribution >= 4 is 12.2 Å². The van der Waals surface area contributed by atoms with Crippen LogP contribution in [0.4, 0.5) is 5.82 Å². The maximum Gasteiger partial charge on any atom is 0.210 e. The minimum Gasteiger partial charge on any atom is -0.357 e. The summed E-state index contributed by atoms with van der Waals surface area (Å²) in [5.74, 6) is 1.09. The molecule has 0 aromatic carbocycles. The number of hydrogen-bond acceptors (Lipinski definition) is 3. The Bertz CT molecular complexity index is 438. The van der Waals surface area contributed by atoms with Crippen LogP contribution < -0.4 is 4.90 Å². The Hall–Kier alpha value is -1.58. The summed E-state index contributed by atoms with van der Waals surface area (Å²) in [6, 6.07) is 4.51. The first-order chi connectivity index (χ1) is 9.88. The zero-order valence-electron chi connectivity index (χ0n) is 12.0. The van der Waals surface area contributed by atoms with Crippen LogP contribution in [0.5, 0.6) is 0 Å². The Morgan fingerprint density at radius 3 is 2.50 bits per heavy atom. The minimum atomic E-state index is 0.234. The average molecular weight is 273 g/mol. The summed E-state index contributed by atoms with van der Waals surface area (Å²) < 4.78 is 0. The summed E-state index contributed by atoms with van der Waals surface area (Å²) in [5, 5.41) is 0. The summed E-state index contributed by atoms with van der Waals surface area (Å²) in [7, 11) is 0. The van der Waals surface area contributed by atoms with Gasteiger partial charge in [-0.3, -0.25) is 4.79 Å². The maximum atomic E-state index is 11.0. The van der Waals surface area contributed by atoms with E-state index in [1.54, 1.807) is 0 Å². The molecule has 2 saturated heterocycles. The fourth-order valence-electron chi connectivity index (χ4n) is 3.35. The molecule has 1 atom stereocenters. The standard InChI is InChI=1S/C16H23N3O/c20-13-19-11-5-6-15(19)14-7-8-16(17-12-14)18-9-3-1-2-4-10-18/h7-8,12-13,15H,1-6,9-11H2/t15-/m0/s1. The first kappa shape index (κ1) is 13.4. The van der Waals surface area contributed by atoms with Crippen molar-refractivity contribution in [1.82, 2.24) is 9.88 Å². The van der Waals surface area contributed by atoms with E-state index in [-0.39, 0.29) is 6.04 Å². The average Bonchev–Trinajstić information content (AvgIpc) is 2.81. The third-order valence-corrected chi connectivity index (χ3v) is 4.52. The molecular formula is C16H23N3O. The Morgan fingerprint density at radius 2 is 1.85 bits per heavy atom. The van der Waals surface area contributed by atoms with Crippen molar-refractivity contribution in [2.75, 3.05) is 24.5 Å². The van der Waals surface area contributed by atoms with Crippen LogP contribution in [-0.2, 0) is 4.79 Å². The lowest BCUT2D eigenvalue weighted by atomic mass is 10.1. The van der Waals surface area contributed by atoms with Gasteiger partial charge in [0.05, 0.1) is 6.04 Å². The molecule has 0 bridgehead atoms. The number of anilines is 1. The van der Waals surface area contributed by atoms with Crippen molar-refractivity contribution in [2.45, 2.75) is 44.6 Å². The lowest BCUT2D eigenvalue weighted by Crippen LogP contribution is -2.25. The van der Waals surface area contributed by atoms with E-state index in [0.29, 0.717) is 0 Å². The molecule has 2 aliphatic rings. The van der Waals surface area contributed by atoms with Gasteiger partial charge >= 0.3 is 0 Å². The van der Waals surface area contributed by atoms with Gasteiger partial charge in [-0.1, -0.05) is 18.9 Å². The molecular weight excluding hydrogens is 250 g/mol. The number of likely N-dealkylation sites (tertiary alicyclic amines) is 1. The highest BCUT2D eigenvalue weighted by atomic mass is 16.1. The van der Waals surface area contributed by atoms with E-state index in [9.17, 15) is 4.79 Å². The lowest BCUT2D eigenvalue weighted by molar-refractivity contribution is -0.118. The highest BCUT2D eigenvalue weighted by molar-refractivity contribution is 5.50. The largest absolute Gasteiger partial charge is 0.357 e. The molecule has 0 saturated carbocycles. The molecule has 2 fully saturated rings. The Morgan fingerprint density at radius 1 is 1.05 bits per heavy atom. The fraction of sp³-hybridized carbons (Fsp3) is 0.625. The van der Waals surface area contributed by atoms with Crippen LogP contribution >= 0.6 is 0 Å². The number of amides is 1. The Balaban J connectivity index is 1.72. The lowest BCUT2D eigenvalue weighted by Gasteiger charge is -2.23. The van der Waals surface area contributed by atoms with Crippen LogP contribution in [-0.4, -0.2) is 35.9 Å². The molecule has 0 N–H and O–H groups in total. The number of nitrogens with zero attached hydrogens (tertiary/aromatic N) is 3. The predicted octanol–water partition coefficient (Wildman–Crippen LogP) is 2.76. The van der Waals surface area contributed by atoms with E-state index in [1.165, 1.54) is 31.2 Å². The molecule has 20 heavy (non-hydrogen) atoms. The van der Waals surface area contributed by atoms with Crippen LogP contribution in [0.15, 0.2) is 18.3 Å². The SMILES string of the molecule is O=CN1CCC[C@H]1c1ccc(N2CCCCCC2)nc1. The van der Waals surface area contributed by atoms with Gasteiger partial charge in [-0.25, -0.2) is 4.98 Å². The van der Waals surface area contributed by atoms with Crippen LogP contribution in [0.1, 0.15) is 50.1 Å². The van der Waals surface area contributed by atoms with Crippen LogP contribution in [0.25, 0.3) is 0 Å². The van der Waals surface area contributed by atoms with Crippen LogP contribution in [0.2, 0.25) is 0 Å². The van der Waals surface area contributed by atoms with Gasteiger partial charge in [-0.05, 0) is 37.3 Å². The summed E-state index contributed by atoms with van der Waals surface area (Å²) in [6.45, 7) is 3.12. The quantitative estimate of drug-likeness (QED) is 0.795. The van der Waals surface area contributed by atoms with Gasteiger partial charge < -0.3 is 9.80 Å². The van der Waals surface area contributed by atoms with Crippen molar-refractivity contribution < 1.29 is 4.79 Å². The van der Waals surface area contributed by atoms with Gasteiger partial charge in [-0.15, -0.1) is 0 Å². The molecule has 0 spiro atoms. The highest BCUT2D eigenvalue weighted by Gasteiger charge is 2.24. The zero-order valence-corrected chi connectivity index (χ0v) is 12.0. The normalized spacial score (nSPS) is 23.7. The summed E-state index contributed by atoms with van der Waals surface area (Å²) in [4.78, 5) is 20.0. The molecule has 0 unspecified atom stereocenters. The number of hydrogen-bond donors (Lipinski definition) is 0. The van der Waals surface area contributed by atoms with Crippen molar-refractivity contribution in [2.24, 2.45) is 0 Å². The van der Waals surface area contributed by atoms with E-state index in [4.69, 9.17) is 0 Å². The highest BCUT2D eigenvalue weighted by Crippen LogP contribution is 2.30. The molecule has 108 valence electrons. The third kappa shape index (κ3) is 2.79. The first-order valence-corrected chi connectivity index (χ1v) is 7.80. The number of carbonyl (C=O) groups excluding carboxylic acids is 1. The molecule has 3 heterocycles. The van der Waals surface area contributed by atoms with E-state index in [2.05, 4.69) is 22.0 Å². The molecule has 2 aliphatic heterocycles. The topological polar surface area (TPSA) is 36.4 Å². The van der Waals surface area contributed by atoms with Gasteiger partial charge in [-0.2, -0.15) is 0 Å². The number of rotatable bonds is 3. The molecule has 3 rings (SSSR count). The predicted molar refractivity (Wildman–Crippen MR) is 79.7 cm³/mol. The molecule has 0 radical (unpaired) electrons. The number of aromatic nitrogens is 1. The Labute approximate surface area is 120 Å². The maximum absolute atomic E-state index is 11.0. The van der Waals surface area contributed by atoms with E-state index < -0.39 is 0 Å². The van der Waals surface area contributed by atoms with Crippen LogP contribution in [0.3, 0.4) is 0 Å². The van der Waals surface area contributed by atoms with Crippen molar-refractivity contribution in [3.63, 3.8) is 0 Å². The summed E-state index contributed by atoms with van der Waals surface area (Å²) >= 11 is 0. The monoisotopic (exact) mass is 273 g/mol. The van der Waals surface area contributed by atoms with E-state index in [1.807, 2.05) is 11.1 Å². The fourth-order valence-corrected chi connectivity index (χ4v) is 3.35. The van der Waals surface area contributed by atoms with Gasteiger partial charge in [0, 0.05) is 25.8 Å². The van der Waals surface area contributed by atoms with Crippen molar-refractivity contribution in [3.8, 4) is 0 Å². The first-order valence-electron chi connectivity index (χ1n) is 7.80. The number of carbonyl (C=O) groups is 1. The second-order valence-electron chi connectivity index (χ2n) is 5.85. The minimum absolute atomic E-state index is 0.234. The zero-order chi connectivity index (χ0) is 13.8. The van der Waals surface area contributed by atoms with Gasteiger partial charge in [0.1, 0.15) is 5.82 Å². The molecule has 1 aromatic rings. The Kier molecular flexibility index (Phi) is 4.19. The molecule has 1 amide bonds. The smallest absolute Gasteiger partial charge is 0.210 e. The van der Waals surface area contributed by atoms with Crippen molar-refractivity contribution in [1.29, 1.82) is 0 Å². The van der Waals surface area contributed by atoms with E-state index >= 15 is 0 Å². The second-order valence-corrected chi connectivity index (χ2v) is 5.85. The molecule has 4 heteroatoms. The molecule has 1 aromatic heterocycles. The summed E-state index contributed by atoms with van der Waals surface area (Å²) in [5.41, 5.74) is 1.17. The van der Waals surface area contributed by atoms with Crippen molar-refractivity contribution in [3.05, 3.63) is 23.9 Å². The van der Waals surface area contributed by atoms with Crippen LogP contribution in [0, 0.1) is 0 Å². The summed E-state index contributed by atoms with van der Waals surface area (Å²) in [6.07, 6.45) is 10.3. The van der Waals surface area contributed by atoms with Gasteiger partial charge in [0.25, 0.3) is 0 Å².